The molecule has 1 aliphatic rings. The first-order chi connectivity index (χ1) is 9.34. The van der Waals surface area contributed by atoms with Crippen LogP contribution in [0.2, 0.25) is 0 Å². The van der Waals surface area contributed by atoms with Gasteiger partial charge < -0.3 is 14.4 Å². The number of ether oxygens (including phenoxy) is 2. The minimum atomic E-state index is -3.96. The second-order valence-electron chi connectivity index (χ2n) is 4.25. The Hall–Kier alpha value is -1.47. The summed E-state index contributed by atoms with van der Waals surface area (Å²) in [7, 11) is 2.99. The largest absolute Gasteiger partial charge is 0.486 e. The number of fused-ring (bicyclic) bond motifs is 1. The van der Waals surface area contributed by atoms with Crippen LogP contribution in [0.1, 0.15) is 17.3 Å². The van der Waals surface area contributed by atoms with E-state index in [2.05, 4.69) is 0 Å². The highest BCUT2D eigenvalue weighted by Gasteiger charge is 2.26. The maximum absolute atomic E-state index is 12.3. The molecule has 8 heteroatoms. The molecular formula is C12H14ClNO5S. The fourth-order valence-corrected chi connectivity index (χ4v) is 2.55. The van der Waals surface area contributed by atoms with Crippen molar-refractivity contribution in [2.45, 2.75) is 11.8 Å². The van der Waals surface area contributed by atoms with Gasteiger partial charge >= 0.3 is 0 Å². The minimum absolute atomic E-state index is 0.130. The minimum Gasteiger partial charge on any atom is -0.486 e. The van der Waals surface area contributed by atoms with E-state index in [4.69, 9.17) is 20.2 Å². The third kappa shape index (κ3) is 2.83. The number of halogens is 1. The van der Waals surface area contributed by atoms with Gasteiger partial charge in [-0.05, 0) is 13.0 Å². The molecule has 0 N–H and O–H groups in total. The predicted molar refractivity (Wildman–Crippen MR) is 73.1 cm³/mol. The highest BCUT2D eigenvalue weighted by molar-refractivity contribution is 8.13. The number of rotatable bonds is 3. The quantitative estimate of drug-likeness (QED) is 0.789. The normalized spacial score (nSPS) is 13.9. The van der Waals surface area contributed by atoms with Crippen molar-refractivity contribution in [2.75, 3.05) is 26.8 Å². The molecule has 2 rings (SSSR count). The van der Waals surface area contributed by atoms with E-state index in [9.17, 15) is 13.2 Å². The first-order valence-corrected chi connectivity index (χ1v) is 8.29. The van der Waals surface area contributed by atoms with Crippen molar-refractivity contribution < 1.29 is 22.7 Å². The smallest absolute Gasteiger partial charge is 0.261 e. The average molecular weight is 320 g/mol. The van der Waals surface area contributed by atoms with E-state index in [0.29, 0.717) is 13.2 Å². The fraction of sp³-hybridized carbons (Fsp3) is 0.417. The average Bonchev–Trinajstić information content (AvgIpc) is 2.43. The first-order valence-electron chi connectivity index (χ1n) is 5.98. The molecule has 1 aliphatic heterocycles. The zero-order valence-corrected chi connectivity index (χ0v) is 12.6. The van der Waals surface area contributed by atoms with Crippen molar-refractivity contribution >= 4 is 25.6 Å². The van der Waals surface area contributed by atoms with Gasteiger partial charge in [-0.2, -0.15) is 0 Å². The van der Waals surface area contributed by atoms with Gasteiger partial charge in [0.2, 0.25) is 0 Å². The zero-order chi connectivity index (χ0) is 14.9. The summed E-state index contributed by atoms with van der Waals surface area (Å²) < 4.78 is 33.7. The summed E-state index contributed by atoms with van der Waals surface area (Å²) in [5.41, 5.74) is 0.130. The predicted octanol–water partition coefficient (Wildman–Crippen LogP) is 1.48. The van der Waals surface area contributed by atoms with Gasteiger partial charge in [0.05, 0.1) is 10.5 Å². The van der Waals surface area contributed by atoms with Gasteiger partial charge in [-0.25, -0.2) is 8.42 Å². The lowest BCUT2D eigenvalue weighted by atomic mass is 10.1. The molecule has 20 heavy (non-hydrogen) atoms. The monoisotopic (exact) mass is 319 g/mol. The van der Waals surface area contributed by atoms with E-state index in [1.54, 1.807) is 7.05 Å². The Labute approximate surface area is 121 Å². The summed E-state index contributed by atoms with van der Waals surface area (Å²) in [6.07, 6.45) is 0. The van der Waals surface area contributed by atoms with Gasteiger partial charge in [-0.3, -0.25) is 4.79 Å². The Balaban J connectivity index is 2.62. The molecule has 0 aliphatic carbocycles. The Morgan fingerprint density at radius 1 is 1.35 bits per heavy atom. The highest BCUT2D eigenvalue weighted by atomic mass is 35.7. The van der Waals surface area contributed by atoms with Crippen LogP contribution in [0.3, 0.4) is 0 Å². The molecule has 0 spiro atoms. The Kier molecular flexibility index (Phi) is 4.10. The maximum atomic E-state index is 12.3. The number of carbonyl (C=O) groups is 1. The Morgan fingerprint density at radius 3 is 2.60 bits per heavy atom. The van der Waals surface area contributed by atoms with Crippen molar-refractivity contribution in [2.24, 2.45) is 0 Å². The van der Waals surface area contributed by atoms with Gasteiger partial charge in [-0.15, -0.1) is 0 Å². The maximum Gasteiger partial charge on any atom is 0.261 e. The van der Waals surface area contributed by atoms with Crippen LogP contribution in [0.5, 0.6) is 11.5 Å². The van der Waals surface area contributed by atoms with E-state index in [0.717, 1.165) is 0 Å². The van der Waals surface area contributed by atoms with E-state index in [1.807, 2.05) is 6.92 Å². The second kappa shape index (κ2) is 5.49. The lowest BCUT2D eigenvalue weighted by molar-refractivity contribution is 0.0791. The van der Waals surface area contributed by atoms with Crippen molar-refractivity contribution in [3.05, 3.63) is 17.7 Å². The third-order valence-electron chi connectivity index (χ3n) is 2.95. The summed E-state index contributed by atoms with van der Waals surface area (Å²) in [4.78, 5) is 13.5. The fourth-order valence-electron chi connectivity index (χ4n) is 1.78. The van der Waals surface area contributed by atoms with Gasteiger partial charge in [-0.1, -0.05) is 0 Å². The van der Waals surface area contributed by atoms with Crippen LogP contribution in [-0.2, 0) is 9.05 Å². The van der Waals surface area contributed by atoms with Gasteiger partial charge in [0.15, 0.2) is 11.5 Å². The first kappa shape index (κ1) is 14.9. The molecule has 0 saturated carbocycles. The summed E-state index contributed by atoms with van der Waals surface area (Å²) >= 11 is 0. The summed E-state index contributed by atoms with van der Waals surface area (Å²) in [5.74, 6) is 0.118. The van der Waals surface area contributed by atoms with E-state index in [-0.39, 0.29) is 34.5 Å². The lowest BCUT2D eigenvalue weighted by Gasteiger charge is -2.23. The number of hydrogen-bond donors (Lipinski definition) is 0. The molecule has 0 bridgehead atoms. The highest BCUT2D eigenvalue weighted by Crippen LogP contribution is 2.37. The SMILES string of the molecule is CCN(C)C(=O)c1cc(S(=O)(=O)Cl)cc2c1OCCO2. The molecule has 1 aromatic carbocycles. The summed E-state index contributed by atoms with van der Waals surface area (Å²) in [6.45, 7) is 2.88. The van der Waals surface area contributed by atoms with Crippen molar-refractivity contribution in [1.29, 1.82) is 0 Å². The molecule has 110 valence electrons. The van der Waals surface area contributed by atoms with Crippen LogP contribution < -0.4 is 9.47 Å². The molecule has 0 fully saturated rings. The second-order valence-corrected chi connectivity index (χ2v) is 6.82. The molecular weight excluding hydrogens is 306 g/mol. The van der Waals surface area contributed by atoms with Gasteiger partial charge in [0, 0.05) is 30.3 Å². The molecule has 6 nitrogen and oxygen atoms in total. The Morgan fingerprint density at radius 2 is 2.00 bits per heavy atom. The van der Waals surface area contributed by atoms with Crippen LogP contribution >= 0.6 is 10.7 Å². The number of amides is 1. The number of carbonyl (C=O) groups excluding carboxylic acids is 1. The van der Waals surface area contributed by atoms with Crippen molar-refractivity contribution in [3.8, 4) is 11.5 Å². The third-order valence-corrected chi connectivity index (χ3v) is 4.28. The van der Waals surface area contributed by atoms with Crippen molar-refractivity contribution in [3.63, 3.8) is 0 Å². The van der Waals surface area contributed by atoms with Crippen LogP contribution in [0, 0.1) is 0 Å². The van der Waals surface area contributed by atoms with E-state index in [1.165, 1.54) is 17.0 Å². The zero-order valence-electron chi connectivity index (χ0n) is 11.1. The number of nitrogens with zero attached hydrogens (tertiary/aromatic N) is 1. The van der Waals surface area contributed by atoms with Crippen molar-refractivity contribution in [1.82, 2.24) is 4.90 Å². The van der Waals surface area contributed by atoms with Crippen LogP contribution in [0.15, 0.2) is 17.0 Å². The number of benzene rings is 1. The van der Waals surface area contributed by atoms with E-state index < -0.39 is 9.05 Å². The lowest BCUT2D eigenvalue weighted by Crippen LogP contribution is -2.28. The van der Waals surface area contributed by atoms with E-state index >= 15 is 0 Å². The van der Waals surface area contributed by atoms with Gasteiger partial charge in [0.1, 0.15) is 13.2 Å². The molecule has 1 heterocycles. The Bertz CT molecular complexity index is 643. The molecule has 1 amide bonds. The van der Waals surface area contributed by atoms with Gasteiger partial charge in [0.25, 0.3) is 15.0 Å². The molecule has 1 aromatic rings. The standard InChI is InChI=1S/C12H14ClNO5S/c1-3-14(2)12(15)9-6-8(20(13,16)17)7-10-11(9)19-5-4-18-10/h6-7H,3-5H2,1-2H3. The summed E-state index contributed by atoms with van der Waals surface area (Å²) in [5, 5.41) is 0. The van der Waals surface area contributed by atoms with Crippen LogP contribution in [0.25, 0.3) is 0 Å². The molecule has 0 saturated heterocycles. The van der Waals surface area contributed by atoms with Crippen LogP contribution in [-0.4, -0.2) is 46.0 Å². The molecule has 0 radical (unpaired) electrons. The van der Waals surface area contributed by atoms with Crippen LogP contribution in [0.4, 0.5) is 0 Å². The molecule has 0 atom stereocenters. The molecule has 0 aromatic heterocycles. The number of hydrogen-bond acceptors (Lipinski definition) is 5. The summed E-state index contributed by atoms with van der Waals surface area (Å²) in [6, 6.07) is 2.48. The topological polar surface area (TPSA) is 72.9 Å². The molecule has 0 unspecified atom stereocenters.